The molecule has 0 spiro atoms. The molecule has 4 fully saturated rings. The topological polar surface area (TPSA) is 112 Å². The van der Waals surface area contributed by atoms with E-state index in [9.17, 15) is 14.9 Å². The Kier molecular flexibility index (Phi) is 5.07. The maximum absolute atomic E-state index is 13.8. The summed E-state index contributed by atoms with van der Waals surface area (Å²) in [6.07, 6.45) is 6.98. The molecule has 0 unspecified atom stereocenters. The molecule has 4 aliphatic carbocycles. The van der Waals surface area contributed by atoms with Crippen molar-refractivity contribution in [1.29, 1.82) is 0 Å². The average molecular weight is 494 g/mol. The standard InChI is InChI=1S/C25H24ClN5O4/c26-23-27-15-30(29-23)25-12-16-6-17(13-25)11-24(10-16,14-25)22(32)28-18-7-19(31(33)34)9-21(8-18)35-20-4-2-1-3-5-20/h1-5,7-9,15-17H,6,10-14H2,(H,28,32)/t16-,17-,24?,25?/m1/s1. The number of halogens is 1. The van der Waals surface area contributed by atoms with Crippen LogP contribution in [0.1, 0.15) is 38.5 Å². The van der Waals surface area contributed by atoms with E-state index in [4.69, 9.17) is 16.3 Å². The lowest BCUT2D eigenvalue weighted by atomic mass is 9.46. The summed E-state index contributed by atoms with van der Waals surface area (Å²) in [5, 5.41) is 19.2. The van der Waals surface area contributed by atoms with E-state index in [-0.39, 0.29) is 22.4 Å². The molecular formula is C25H24ClN5O4. The molecule has 1 amide bonds. The molecule has 1 N–H and O–H groups in total. The van der Waals surface area contributed by atoms with Gasteiger partial charge >= 0.3 is 0 Å². The third-order valence-corrected chi connectivity index (χ3v) is 7.97. The van der Waals surface area contributed by atoms with Gasteiger partial charge in [0.15, 0.2) is 0 Å². The first-order valence-corrected chi connectivity index (χ1v) is 12.1. The predicted molar refractivity (Wildman–Crippen MR) is 128 cm³/mol. The average Bonchev–Trinajstić information content (AvgIpc) is 3.26. The molecule has 180 valence electrons. The van der Waals surface area contributed by atoms with Gasteiger partial charge in [0.25, 0.3) is 5.69 Å². The number of carbonyl (C=O) groups is 1. The van der Waals surface area contributed by atoms with Gasteiger partial charge in [0, 0.05) is 12.1 Å². The number of carbonyl (C=O) groups excluding carboxylic acids is 1. The van der Waals surface area contributed by atoms with Crippen molar-refractivity contribution in [2.75, 3.05) is 5.32 Å². The van der Waals surface area contributed by atoms with Gasteiger partial charge in [-0.05, 0) is 74.1 Å². The van der Waals surface area contributed by atoms with E-state index >= 15 is 0 Å². The zero-order valence-electron chi connectivity index (χ0n) is 18.9. The predicted octanol–water partition coefficient (Wildman–Crippen LogP) is 5.57. The molecule has 3 aromatic rings. The van der Waals surface area contributed by atoms with E-state index in [1.54, 1.807) is 24.5 Å². The first kappa shape index (κ1) is 22.0. The number of rotatable bonds is 6. The van der Waals surface area contributed by atoms with Crippen LogP contribution in [-0.2, 0) is 10.3 Å². The van der Waals surface area contributed by atoms with Crippen LogP contribution in [0.25, 0.3) is 0 Å². The van der Waals surface area contributed by atoms with E-state index < -0.39 is 10.3 Å². The number of nitrogens with zero attached hydrogens (tertiary/aromatic N) is 4. The van der Waals surface area contributed by atoms with Gasteiger partial charge in [-0.1, -0.05) is 18.2 Å². The fourth-order valence-corrected chi connectivity index (χ4v) is 7.05. The molecule has 9 nitrogen and oxygen atoms in total. The van der Waals surface area contributed by atoms with Crippen LogP contribution in [0.15, 0.2) is 54.9 Å². The van der Waals surface area contributed by atoms with Gasteiger partial charge in [-0.15, -0.1) is 5.10 Å². The smallest absolute Gasteiger partial charge is 0.275 e. The van der Waals surface area contributed by atoms with Crippen LogP contribution in [0.3, 0.4) is 0 Å². The van der Waals surface area contributed by atoms with Crippen molar-refractivity contribution in [2.45, 2.75) is 44.1 Å². The van der Waals surface area contributed by atoms with Crippen molar-refractivity contribution >= 4 is 28.9 Å². The quantitative estimate of drug-likeness (QED) is 0.355. The second-order valence-electron chi connectivity index (χ2n) is 10.3. The highest BCUT2D eigenvalue weighted by Crippen LogP contribution is 2.64. The van der Waals surface area contributed by atoms with Gasteiger partial charge < -0.3 is 10.1 Å². The van der Waals surface area contributed by atoms with Crippen LogP contribution < -0.4 is 10.1 Å². The number of benzene rings is 2. The highest BCUT2D eigenvalue weighted by Gasteiger charge is 2.61. The Hall–Kier alpha value is -3.46. The van der Waals surface area contributed by atoms with E-state index in [0.29, 0.717) is 35.4 Å². The molecule has 0 saturated heterocycles. The molecule has 10 heteroatoms. The highest BCUT2D eigenvalue weighted by atomic mass is 35.5. The first-order valence-electron chi connectivity index (χ1n) is 11.7. The van der Waals surface area contributed by atoms with Crippen molar-refractivity contribution in [3.05, 3.63) is 70.3 Å². The number of aromatic nitrogens is 3. The third kappa shape index (κ3) is 3.93. The molecule has 2 aromatic carbocycles. The lowest BCUT2D eigenvalue weighted by Gasteiger charge is -2.60. The number of nitro groups is 1. The van der Waals surface area contributed by atoms with Gasteiger partial charge in [0.2, 0.25) is 11.2 Å². The summed E-state index contributed by atoms with van der Waals surface area (Å²) in [4.78, 5) is 29.0. The maximum Gasteiger partial charge on any atom is 0.275 e. The monoisotopic (exact) mass is 493 g/mol. The minimum absolute atomic E-state index is 0.103. The summed E-state index contributed by atoms with van der Waals surface area (Å²) < 4.78 is 7.70. The number of anilines is 1. The van der Waals surface area contributed by atoms with Crippen LogP contribution >= 0.6 is 11.6 Å². The minimum Gasteiger partial charge on any atom is -0.457 e. The molecular weight excluding hydrogens is 470 g/mol. The van der Waals surface area contributed by atoms with Crippen molar-refractivity contribution in [1.82, 2.24) is 14.8 Å². The third-order valence-electron chi connectivity index (χ3n) is 7.80. The summed E-state index contributed by atoms with van der Waals surface area (Å²) in [6.45, 7) is 0. The number of hydrogen-bond acceptors (Lipinski definition) is 6. The van der Waals surface area contributed by atoms with E-state index in [0.717, 1.165) is 32.1 Å². The van der Waals surface area contributed by atoms with Gasteiger partial charge in [0.1, 0.15) is 17.8 Å². The van der Waals surface area contributed by atoms with Crippen LogP contribution in [0.2, 0.25) is 5.28 Å². The summed E-state index contributed by atoms with van der Waals surface area (Å²) >= 11 is 6.03. The van der Waals surface area contributed by atoms with E-state index in [1.807, 2.05) is 22.9 Å². The van der Waals surface area contributed by atoms with Crippen molar-refractivity contribution < 1.29 is 14.5 Å². The van der Waals surface area contributed by atoms with Gasteiger partial charge in [-0.25, -0.2) is 9.67 Å². The largest absolute Gasteiger partial charge is 0.457 e. The second-order valence-corrected chi connectivity index (χ2v) is 10.6. The Morgan fingerprint density at radius 2 is 1.86 bits per heavy atom. The SMILES string of the molecule is O=C(Nc1cc(Oc2ccccc2)cc([N+](=O)[O-])c1)C12C[C@H]3C[C@H](C1)CC(n1cnc(Cl)n1)(C3)C2. The van der Waals surface area contributed by atoms with Gasteiger partial charge in [-0.3, -0.25) is 14.9 Å². The number of hydrogen-bond donors (Lipinski definition) is 1. The molecule has 4 bridgehead atoms. The Morgan fingerprint density at radius 1 is 1.11 bits per heavy atom. The molecule has 1 heterocycles. The molecule has 4 saturated carbocycles. The minimum atomic E-state index is -0.562. The fraction of sp³-hybridized carbons (Fsp3) is 0.400. The summed E-state index contributed by atoms with van der Waals surface area (Å²) in [6, 6.07) is 13.4. The molecule has 1 aromatic heterocycles. The molecule has 0 radical (unpaired) electrons. The van der Waals surface area contributed by atoms with E-state index in [1.165, 1.54) is 12.1 Å². The molecule has 2 atom stereocenters. The summed E-state index contributed by atoms with van der Waals surface area (Å²) in [5.74, 6) is 1.59. The van der Waals surface area contributed by atoms with Crippen LogP contribution in [0.4, 0.5) is 11.4 Å². The summed E-state index contributed by atoms with van der Waals surface area (Å²) in [7, 11) is 0. The number of ether oxygens (including phenoxy) is 1. The normalized spacial score (nSPS) is 28.6. The highest BCUT2D eigenvalue weighted by molar-refractivity contribution is 6.28. The van der Waals surface area contributed by atoms with Crippen LogP contribution in [-0.4, -0.2) is 25.6 Å². The van der Waals surface area contributed by atoms with Crippen LogP contribution in [0, 0.1) is 27.4 Å². The molecule has 35 heavy (non-hydrogen) atoms. The number of para-hydroxylation sites is 1. The Bertz CT molecular complexity index is 1300. The van der Waals surface area contributed by atoms with E-state index in [2.05, 4.69) is 15.4 Å². The lowest BCUT2D eigenvalue weighted by Crippen LogP contribution is -2.60. The van der Waals surface area contributed by atoms with Gasteiger partial charge in [0.05, 0.1) is 27.6 Å². The number of nitrogens with one attached hydrogen (secondary N) is 1. The van der Waals surface area contributed by atoms with Crippen LogP contribution in [0.5, 0.6) is 11.5 Å². The Labute approximate surface area is 206 Å². The van der Waals surface area contributed by atoms with Crippen molar-refractivity contribution in [3.63, 3.8) is 0 Å². The number of amides is 1. The summed E-state index contributed by atoms with van der Waals surface area (Å²) in [5.41, 5.74) is -0.629. The zero-order chi connectivity index (χ0) is 24.2. The maximum atomic E-state index is 13.8. The lowest BCUT2D eigenvalue weighted by molar-refractivity contribution is -0.384. The van der Waals surface area contributed by atoms with Crippen molar-refractivity contribution in [3.8, 4) is 11.5 Å². The number of nitro benzene ring substituents is 1. The molecule has 4 aliphatic rings. The zero-order valence-corrected chi connectivity index (χ0v) is 19.6. The fourth-order valence-electron chi connectivity index (χ4n) is 6.93. The van der Waals surface area contributed by atoms with Gasteiger partial charge in [-0.2, -0.15) is 0 Å². The number of non-ortho nitro benzene ring substituents is 1. The Morgan fingerprint density at radius 3 is 2.51 bits per heavy atom. The molecule has 0 aliphatic heterocycles. The second kappa shape index (κ2) is 8.05. The Balaban J connectivity index is 1.30. The molecule has 7 rings (SSSR count). The van der Waals surface area contributed by atoms with Crippen molar-refractivity contribution in [2.24, 2.45) is 17.3 Å². The first-order chi connectivity index (χ1) is 16.8.